The minimum absolute atomic E-state index is 0.156. The first kappa shape index (κ1) is 23.6. The van der Waals surface area contributed by atoms with Crippen LogP contribution >= 0.6 is 0 Å². The zero-order valence-corrected chi connectivity index (χ0v) is 20.9. The van der Waals surface area contributed by atoms with Crippen molar-refractivity contribution in [3.63, 3.8) is 0 Å². The van der Waals surface area contributed by atoms with Gasteiger partial charge in [-0.2, -0.15) is 0 Å². The molecule has 2 fully saturated rings. The SMILES string of the molecule is C=C(N)N1CCN(c2ccc(-c3ncc(-c4ccc(N5CCN(C(=N)N)CC5)cc4)n3C)cc2)CC1. The molecule has 0 bridgehead atoms. The van der Waals surface area contributed by atoms with E-state index in [0.29, 0.717) is 5.82 Å². The first-order valence-electron chi connectivity index (χ1n) is 12.4. The predicted molar refractivity (Wildman–Crippen MR) is 147 cm³/mol. The normalized spacial score (nSPS) is 16.4. The van der Waals surface area contributed by atoms with Crippen molar-refractivity contribution < 1.29 is 0 Å². The Morgan fingerprint density at radius 1 is 0.750 bits per heavy atom. The van der Waals surface area contributed by atoms with E-state index in [0.717, 1.165) is 75.0 Å². The summed E-state index contributed by atoms with van der Waals surface area (Å²) in [5.74, 6) is 1.76. The van der Waals surface area contributed by atoms with Crippen LogP contribution in [0.4, 0.5) is 11.4 Å². The Morgan fingerprint density at radius 2 is 1.22 bits per heavy atom. The number of rotatable bonds is 5. The molecule has 0 saturated carbocycles. The van der Waals surface area contributed by atoms with Crippen LogP contribution in [0.15, 0.2) is 67.1 Å². The smallest absolute Gasteiger partial charge is 0.188 e. The van der Waals surface area contributed by atoms with Crippen molar-refractivity contribution in [3.8, 4) is 22.6 Å². The highest BCUT2D eigenvalue weighted by Crippen LogP contribution is 2.29. The minimum atomic E-state index is 0.156. The van der Waals surface area contributed by atoms with Crippen molar-refractivity contribution in [3.05, 3.63) is 67.1 Å². The molecule has 36 heavy (non-hydrogen) atoms. The van der Waals surface area contributed by atoms with Crippen molar-refractivity contribution in [2.24, 2.45) is 18.5 Å². The summed E-state index contributed by atoms with van der Waals surface area (Å²) in [7, 11) is 2.07. The van der Waals surface area contributed by atoms with Crippen LogP contribution in [0.1, 0.15) is 0 Å². The first-order chi connectivity index (χ1) is 17.4. The van der Waals surface area contributed by atoms with Gasteiger partial charge in [-0.15, -0.1) is 0 Å². The van der Waals surface area contributed by atoms with E-state index in [4.69, 9.17) is 21.9 Å². The number of piperazine rings is 2. The topological polar surface area (TPSA) is 107 Å². The number of guanidine groups is 1. The lowest BCUT2D eigenvalue weighted by atomic mass is 10.1. The van der Waals surface area contributed by atoms with Crippen LogP contribution in [-0.2, 0) is 7.05 Å². The number of nitrogens with zero attached hydrogens (tertiary/aromatic N) is 6. The molecule has 2 aromatic carbocycles. The molecule has 0 spiro atoms. The Labute approximate surface area is 212 Å². The molecule has 1 aromatic heterocycles. The second kappa shape index (κ2) is 9.85. The zero-order valence-electron chi connectivity index (χ0n) is 20.9. The number of aromatic nitrogens is 2. The van der Waals surface area contributed by atoms with Gasteiger partial charge in [0.05, 0.1) is 17.7 Å². The standard InChI is InChI=1S/C27H35N9/c1-20(28)33-11-13-34(14-12-33)24-9-5-22(6-10-24)26-31-19-25(32(26)2)21-3-7-23(8-4-21)35-15-17-36(18-16-35)27(29)30/h3-10,19H,1,11-18,28H2,2H3,(H3,29,30). The maximum absolute atomic E-state index is 7.61. The van der Waals surface area contributed by atoms with Crippen molar-refractivity contribution in [1.29, 1.82) is 5.41 Å². The molecule has 0 aliphatic carbocycles. The van der Waals surface area contributed by atoms with Crippen LogP contribution < -0.4 is 21.3 Å². The average molecular weight is 486 g/mol. The number of anilines is 2. The van der Waals surface area contributed by atoms with Gasteiger partial charge >= 0.3 is 0 Å². The van der Waals surface area contributed by atoms with E-state index in [1.54, 1.807) is 0 Å². The summed E-state index contributed by atoms with van der Waals surface area (Å²) in [4.78, 5) is 13.5. The van der Waals surface area contributed by atoms with Gasteiger partial charge < -0.3 is 35.6 Å². The second-order valence-corrected chi connectivity index (χ2v) is 9.44. The van der Waals surface area contributed by atoms with Crippen LogP contribution in [-0.4, -0.2) is 77.7 Å². The van der Waals surface area contributed by atoms with E-state index in [1.165, 1.54) is 11.4 Å². The number of imidazole rings is 1. The van der Waals surface area contributed by atoms with Crippen LogP contribution in [0.3, 0.4) is 0 Å². The molecule has 2 saturated heterocycles. The van der Waals surface area contributed by atoms with E-state index in [2.05, 4.69) is 81.4 Å². The average Bonchev–Trinajstić information content (AvgIpc) is 3.30. The molecule has 9 heteroatoms. The van der Waals surface area contributed by atoms with E-state index in [-0.39, 0.29) is 5.96 Å². The van der Waals surface area contributed by atoms with E-state index in [1.807, 2.05) is 11.1 Å². The summed E-state index contributed by atoms with van der Waals surface area (Å²) in [5.41, 5.74) is 17.2. The molecule has 0 atom stereocenters. The zero-order chi connectivity index (χ0) is 25.2. The highest BCUT2D eigenvalue weighted by Gasteiger charge is 2.19. The largest absolute Gasteiger partial charge is 0.386 e. The van der Waals surface area contributed by atoms with Crippen LogP contribution in [0.2, 0.25) is 0 Å². The van der Waals surface area contributed by atoms with Gasteiger partial charge in [-0.05, 0) is 42.0 Å². The Kier molecular flexibility index (Phi) is 6.45. The van der Waals surface area contributed by atoms with Gasteiger partial charge in [-0.25, -0.2) is 4.98 Å². The fourth-order valence-electron chi connectivity index (χ4n) is 5.07. The summed E-state index contributed by atoms with van der Waals surface area (Å²) in [6, 6.07) is 17.3. The van der Waals surface area contributed by atoms with E-state index < -0.39 is 0 Å². The third kappa shape index (κ3) is 4.68. The Morgan fingerprint density at radius 3 is 1.69 bits per heavy atom. The van der Waals surface area contributed by atoms with E-state index in [9.17, 15) is 0 Å². The molecular formula is C27H35N9. The van der Waals surface area contributed by atoms with Gasteiger partial charge in [0, 0.05) is 76.3 Å². The molecule has 3 aromatic rings. The third-order valence-electron chi connectivity index (χ3n) is 7.31. The summed E-state index contributed by atoms with van der Waals surface area (Å²) in [6.07, 6.45) is 1.95. The fraction of sp³-hybridized carbons (Fsp3) is 0.333. The quantitative estimate of drug-likeness (QED) is 0.376. The van der Waals surface area contributed by atoms with E-state index >= 15 is 0 Å². The summed E-state index contributed by atoms with van der Waals surface area (Å²) in [5, 5.41) is 7.61. The lowest BCUT2D eigenvalue weighted by Gasteiger charge is -2.37. The molecule has 0 unspecified atom stereocenters. The molecule has 188 valence electrons. The van der Waals surface area contributed by atoms with Crippen molar-refractivity contribution in [2.75, 3.05) is 62.2 Å². The van der Waals surface area contributed by atoms with Gasteiger partial charge in [0.1, 0.15) is 5.82 Å². The molecule has 5 rings (SSSR count). The number of nitrogens with one attached hydrogen (secondary N) is 1. The molecule has 3 heterocycles. The Balaban J connectivity index is 1.26. The fourth-order valence-corrected chi connectivity index (χ4v) is 5.07. The predicted octanol–water partition coefficient (Wildman–Crippen LogP) is 2.32. The molecule has 5 N–H and O–H groups in total. The summed E-state index contributed by atoms with van der Waals surface area (Å²) >= 11 is 0. The molecule has 9 nitrogen and oxygen atoms in total. The van der Waals surface area contributed by atoms with Gasteiger partial charge in [0.15, 0.2) is 5.96 Å². The molecular weight excluding hydrogens is 450 g/mol. The highest BCUT2D eigenvalue weighted by atomic mass is 15.3. The lowest BCUT2D eigenvalue weighted by Crippen LogP contribution is -2.50. The maximum Gasteiger partial charge on any atom is 0.188 e. The lowest BCUT2D eigenvalue weighted by molar-refractivity contribution is 0.319. The number of hydrogen-bond acceptors (Lipinski definition) is 6. The Hall–Kier alpha value is -4.14. The number of nitrogens with two attached hydrogens (primary N) is 2. The summed E-state index contributed by atoms with van der Waals surface area (Å²) < 4.78 is 2.15. The molecule has 0 amide bonds. The van der Waals surface area contributed by atoms with Crippen LogP contribution in [0, 0.1) is 5.41 Å². The van der Waals surface area contributed by atoms with Gasteiger partial charge in [0.25, 0.3) is 0 Å². The third-order valence-corrected chi connectivity index (χ3v) is 7.31. The second-order valence-electron chi connectivity index (χ2n) is 9.44. The van der Waals surface area contributed by atoms with Crippen LogP contribution in [0.25, 0.3) is 22.6 Å². The molecule has 2 aliphatic heterocycles. The summed E-state index contributed by atoms with van der Waals surface area (Å²) in [6.45, 7) is 10.8. The van der Waals surface area contributed by atoms with Crippen LogP contribution in [0.5, 0.6) is 0 Å². The first-order valence-corrected chi connectivity index (χ1v) is 12.4. The minimum Gasteiger partial charge on any atom is -0.386 e. The van der Waals surface area contributed by atoms with Crippen molar-refractivity contribution in [1.82, 2.24) is 19.4 Å². The van der Waals surface area contributed by atoms with Crippen molar-refractivity contribution >= 4 is 17.3 Å². The number of benzene rings is 2. The monoisotopic (exact) mass is 485 g/mol. The highest BCUT2D eigenvalue weighted by molar-refractivity contribution is 5.75. The molecule has 0 radical (unpaired) electrons. The maximum atomic E-state index is 7.61. The number of hydrogen-bond donors (Lipinski definition) is 3. The van der Waals surface area contributed by atoms with Crippen molar-refractivity contribution in [2.45, 2.75) is 0 Å². The Bertz CT molecular complexity index is 1120. The van der Waals surface area contributed by atoms with Gasteiger partial charge in [-0.3, -0.25) is 5.41 Å². The van der Waals surface area contributed by atoms with Gasteiger partial charge in [0.2, 0.25) is 0 Å². The van der Waals surface area contributed by atoms with Gasteiger partial charge in [-0.1, -0.05) is 18.7 Å². The molecule has 2 aliphatic rings.